The van der Waals surface area contributed by atoms with E-state index >= 15 is 0 Å². The Labute approximate surface area is 139 Å². The Hall–Kier alpha value is -2.89. The number of aryl methyl sites for hydroxylation is 1. The molecule has 3 aromatic rings. The van der Waals surface area contributed by atoms with Gasteiger partial charge < -0.3 is 9.14 Å². The third-order valence-electron chi connectivity index (χ3n) is 4.13. The van der Waals surface area contributed by atoms with E-state index in [2.05, 4.69) is 5.10 Å². The molecule has 0 bridgehead atoms. The number of Topliss-reactive ketones (excluding diaryl/α,β-unsaturated/α-hetero) is 1. The monoisotopic (exact) mass is 325 g/mol. The predicted molar refractivity (Wildman–Crippen MR) is 90.3 cm³/mol. The van der Waals surface area contributed by atoms with Crippen LogP contribution in [0, 0.1) is 6.92 Å². The normalized spacial score (nSPS) is 11.0. The number of rotatable bonds is 4. The molecule has 3 rings (SSSR count). The SMILES string of the molecule is CCOC(=O)c1cc2c(-c3ccnn3C)ccn2c(C(C)=O)c1C. The number of hydrogen-bond acceptors (Lipinski definition) is 4. The van der Waals surface area contributed by atoms with Crippen LogP contribution in [0.3, 0.4) is 0 Å². The summed E-state index contributed by atoms with van der Waals surface area (Å²) in [6, 6.07) is 5.60. The first kappa shape index (κ1) is 16.0. The zero-order chi connectivity index (χ0) is 17.4. The van der Waals surface area contributed by atoms with Gasteiger partial charge in [0.25, 0.3) is 0 Å². The van der Waals surface area contributed by atoms with Crippen molar-refractivity contribution in [1.82, 2.24) is 14.2 Å². The smallest absolute Gasteiger partial charge is 0.338 e. The molecule has 0 spiro atoms. The average molecular weight is 325 g/mol. The summed E-state index contributed by atoms with van der Waals surface area (Å²) in [5.41, 5.74) is 4.12. The quantitative estimate of drug-likeness (QED) is 0.546. The fourth-order valence-corrected chi connectivity index (χ4v) is 3.05. The number of carbonyl (C=O) groups is 2. The molecule has 0 atom stereocenters. The van der Waals surface area contributed by atoms with Crippen LogP contribution >= 0.6 is 0 Å². The van der Waals surface area contributed by atoms with Gasteiger partial charge in [0.2, 0.25) is 0 Å². The molecule has 0 aliphatic heterocycles. The molecular formula is C18H19N3O3. The van der Waals surface area contributed by atoms with Crippen molar-refractivity contribution in [2.45, 2.75) is 20.8 Å². The van der Waals surface area contributed by atoms with E-state index in [1.807, 2.05) is 29.8 Å². The summed E-state index contributed by atoms with van der Waals surface area (Å²) in [5.74, 6) is -0.520. The highest BCUT2D eigenvalue weighted by Crippen LogP contribution is 2.29. The first-order valence-electron chi connectivity index (χ1n) is 7.76. The number of pyridine rings is 1. The van der Waals surface area contributed by atoms with E-state index in [4.69, 9.17) is 4.74 Å². The Bertz CT molecular complexity index is 950. The second-order valence-electron chi connectivity index (χ2n) is 5.63. The van der Waals surface area contributed by atoms with Crippen molar-refractivity contribution in [2.24, 2.45) is 7.05 Å². The Morgan fingerprint density at radius 2 is 2.04 bits per heavy atom. The van der Waals surface area contributed by atoms with Crippen molar-refractivity contribution >= 4 is 17.3 Å². The lowest BCUT2D eigenvalue weighted by Gasteiger charge is -2.13. The van der Waals surface area contributed by atoms with Crippen LogP contribution in [0.25, 0.3) is 16.8 Å². The molecule has 3 heterocycles. The number of aromatic nitrogens is 3. The molecule has 6 nitrogen and oxygen atoms in total. The summed E-state index contributed by atoms with van der Waals surface area (Å²) in [4.78, 5) is 24.5. The van der Waals surface area contributed by atoms with Gasteiger partial charge in [0, 0.05) is 31.9 Å². The van der Waals surface area contributed by atoms with Gasteiger partial charge in [-0.25, -0.2) is 4.79 Å². The molecule has 0 radical (unpaired) electrons. The third-order valence-corrected chi connectivity index (χ3v) is 4.13. The Kier molecular flexibility index (Phi) is 3.97. The Morgan fingerprint density at radius 3 is 2.62 bits per heavy atom. The van der Waals surface area contributed by atoms with Crippen molar-refractivity contribution in [3.05, 3.63) is 47.4 Å². The molecule has 124 valence electrons. The van der Waals surface area contributed by atoms with Crippen LogP contribution < -0.4 is 0 Å². The van der Waals surface area contributed by atoms with Crippen LogP contribution in [0.5, 0.6) is 0 Å². The number of nitrogens with zero attached hydrogens (tertiary/aromatic N) is 3. The van der Waals surface area contributed by atoms with E-state index in [0.717, 1.165) is 16.8 Å². The molecule has 6 heteroatoms. The third kappa shape index (κ3) is 2.40. The number of ether oxygens (including phenoxy) is 1. The van der Waals surface area contributed by atoms with Crippen LogP contribution in [-0.2, 0) is 11.8 Å². The maximum Gasteiger partial charge on any atom is 0.338 e. The van der Waals surface area contributed by atoms with Gasteiger partial charge in [0.15, 0.2) is 5.78 Å². The zero-order valence-electron chi connectivity index (χ0n) is 14.2. The Balaban J connectivity index is 2.35. The number of ketones is 1. The zero-order valence-corrected chi connectivity index (χ0v) is 14.2. The number of fused-ring (bicyclic) bond motifs is 1. The lowest BCUT2D eigenvalue weighted by molar-refractivity contribution is 0.0525. The highest BCUT2D eigenvalue weighted by Gasteiger charge is 2.21. The summed E-state index contributed by atoms with van der Waals surface area (Å²) in [6.45, 7) is 5.32. The van der Waals surface area contributed by atoms with Crippen molar-refractivity contribution in [3.8, 4) is 11.3 Å². The van der Waals surface area contributed by atoms with Gasteiger partial charge in [-0.05, 0) is 37.6 Å². The first-order valence-corrected chi connectivity index (χ1v) is 7.76. The summed E-state index contributed by atoms with van der Waals surface area (Å²) in [5, 5.41) is 4.19. The second kappa shape index (κ2) is 5.96. The fraction of sp³-hybridized carbons (Fsp3) is 0.278. The van der Waals surface area contributed by atoms with Crippen molar-refractivity contribution < 1.29 is 14.3 Å². The summed E-state index contributed by atoms with van der Waals surface area (Å²) in [7, 11) is 1.85. The summed E-state index contributed by atoms with van der Waals surface area (Å²) >= 11 is 0. The number of carbonyl (C=O) groups excluding carboxylic acids is 2. The van der Waals surface area contributed by atoms with Crippen molar-refractivity contribution in [3.63, 3.8) is 0 Å². The number of hydrogen-bond donors (Lipinski definition) is 0. The molecular weight excluding hydrogens is 306 g/mol. The fourth-order valence-electron chi connectivity index (χ4n) is 3.05. The van der Waals surface area contributed by atoms with Gasteiger partial charge in [0.1, 0.15) is 0 Å². The van der Waals surface area contributed by atoms with E-state index in [9.17, 15) is 9.59 Å². The van der Waals surface area contributed by atoms with E-state index < -0.39 is 5.97 Å². The molecule has 0 unspecified atom stereocenters. The maximum absolute atomic E-state index is 12.3. The van der Waals surface area contributed by atoms with Crippen LogP contribution in [0.4, 0.5) is 0 Å². The second-order valence-corrected chi connectivity index (χ2v) is 5.63. The van der Waals surface area contributed by atoms with E-state index in [0.29, 0.717) is 16.8 Å². The van der Waals surface area contributed by atoms with Gasteiger partial charge in [-0.2, -0.15) is 5.10 Å². The topological polar surface area (TPSA) is 65.6 Å². The highest BCUT2D eigenvalue weighted by molar-refractivity contribution is 6.02. The van der Waals surface area contributed by atoms with Gasteiger partial charge in [0.05, 0.1) is 29.1 Å². The first-order chi connectivity index (χ1) is 11.5. The molecule has 0 saturated carbocycles. The molecule has 0 aliphatic carbocycles. The Morgan fingerprint density at radius 1 is 1.29 bits per heavy atom. The molecule has 0 amide bonds. The maximum atomic E-state index is 12.3. The minimum Gasteiger partial charge on any atom is -0.462 e. The lowest BCUT2D eigenvalue weighted by Crippen LogP contribution is -2.13. The molecule has 0 N–H and O–H groups in total. The standard InChI is InChI=1S/C18H19N3O3/c1-5-24-18(23)14-10-16-13(15-6-8-19-20(15)4)7-9-21(16)17(11(14)2)12(3)22/h6-10H,5H2,1-4H3. The predicted octanol–water partition coefficient (Wildman–Crippen LogP) is 3.03. The van der Waals surface area contributed by atoms with Gasteiger partial charge in [-0.3, -0.25) is 9.48 Å². The molecule has 0 aliphatic rings. The largest absolute Gasteiger partial charge is 0.462 e. The van der Waals surface area contributed by atoms with Crippen molar-refractivity contribution in [1.29, 1.82) is 0 Å². The van der Waals surface area contributed by atoms with Gasteiger partial charge >= 0.3 is 5.97 Å². The lowest BCUT2D eigenvalue weighted by atomic mass is 10.0. The molecule has 0 saturated heterocycles. The summed E-state index contributed by atoms with van der Waals surface area (Å²) in [6.07, 6.45) is 3.56. The minimum atomic E-state index is -0.419. The average Bonchev–Trinajstić information content (AvgIpc) is 3.11. The molecule has 0 fully saturated rings. The van der Waals surface area contributed by atoms with Crippen LogP contribution in [0.2, 0.25) is 0 Å². The van der Waals surface area contributed by atoms with Crippen LogP contribution in [0.15, 0.2) is 30.6 Å². The minimum absolute atomic E-state index is 0.101. The van der Waals surface area contributed by atoms with E-state index in [1.165, 1.54) is 6.92 Å². The van der Waals surface area contributed by atoms with Crippen LogP contribution in [-0.4, -0.2) is 32.5 Å². The molecule has 0 aromatic carbocycles. The molecule has 3 aromatic heterocycles. The van der Waals surface area contributed by atoms with Gasteiger partial charge in [-0.15, -0.1) is 0 Å². The summed E-state index contributed by atoms with van der Waals surface area (Å²) < 4.78 is 8.73. The van der Waals surface area contributed by atoms with Gasteiger partial charge in [-0.1, -0.05) is 0 Å². The molecule has 24 heavy (non-hydrogen) atoms. The van der Waals surface area contributed by atoms with E-state index in [-0.39, 0.29) is 12.4 Å². The number of esters is 1. The highest BCUT2D eigenvalue weighted by atomic mass is 16.5. The van der Waals surface area contributed by atoms with Crippen LogP contribution in [0.1, 0.15) is 40.3 Å². The van der Waals surface area contributed by atoms with E-state index in [1.54, 1.807) is 30.8 Å². The van der Waals surface area contributed by atoms with Crippen molar-refractivity contribution in [2.75, 3.05) is 6.61 Å².